The second-order valence-corrected chi connectivity index (χ2v) is 6.28. The Bertz CT molecular complexity index is 658. The van der Waals surface area contributed by atoms with E-state index in [0.717, 1.165) is 23.4 Å². The Kier molecular flexibility index (Phi) is 4.21. The van der Waals surface area contributed by atoms with Crippen LogP contribution >= 0.6 is 27.5 Å². The van der Waals surface area contributed by atoms with Crippen molar-refractivity contribution < 1.29 is 0 Å². The number of benzene rings is 1. The van der Waals surface area contributed by atoms with Crippen molar-refractivity contribution in [3.05, 3.63) is 49.3 Å². The average Bonchev–Trinajstić information content (AvgIpc) is 2.60. The normalized spacial score (nSPS) is 11.3. The molecule has 0 unspecified atom stereocenters. The van der Waals surface area contributed by atoms with Crippen molar-refractivity contribution in [3.8, 4) is 5.69 Å². The van der Waals surface area contributed by atoms with Gasteiger partial charge in [-0.2, -0.15) is 0 Å². The Labute approximate surface area is 125 Å². The number of hydrogen-bond acceptors (Lipinski definition) is 1. The number of aryl methyl sites for hydroxylation is 1. The standard InChI is InChI=1S/C14H16BrClN2O/c1-8(2)6-12-13(15)14(19)18(17-12)10-5-4-9(3)11(16)7-10/h4-5,7-8,17H,6H2,1-3H3. The van der Waals surface area contributed by atoms with Crippen molar-refractivity contribution in [2.75, 3.05) is 0 Å². The number of hydrogen-bond donors (Lipinski definition) is 1. The summed E-state index contributed by atoms with van der Waals surface area (Å²) in [5.74, 6) is 0.476. The van der Waals surface area contributed by atoms with Crippen LogP contribution in [0.2, 0.25) is 5.02 Å². The summed E-state index contributed by atoms with van der Waals surface area (Å²) in [5, 5.41) is 3.80. The Morgan fingerprint density at radius 1 is 1.42 bits per heavy atom. The summed E-state index contributed by atoms with van der Waals surface area (Å²) in [7, 11) is 0. The van der Waals surface area contributed by atoms with Crippen molar-refractivity contribution in [2.45, 2.75) is 27.2 Å². The van der Waals surface area contributed by atoms with Gasteiger partial charge < -0.3 is 0 Å². The molecule has 0 radical (unpaired) electrons. The van der Waals surface area contributed by atoms with Gasteiger partial charge in [-0.05, 0) is 52.9 Å². The minimum atomic E-state index is -0.0874. The van der Waals surface area contributed by atoms with E-state index in [1.807, 2.05) is 19.1 Å². The number of halogens is 2. The molecule has 0 amide bonds. The molecule has 5 heteroatoms. The molecule has 19 heavy (non-hydrogen) atoms. The zero-order valence-corrected chi connectivity index (χ0v) is 13.5. The highest BCUT2D eigenvalue weighted by atomic mass is 79.9. The summed E-state index contributed by atoms with van der Waals surface area (Å²) in [4.78, 5) is 12.2. The minimum Gasteiger partial charge on any atom is -0.294 e. The molecule has 102 valence electrons. The van der Waals surface area contributed by atoms with E-state index in [4.69, 9.17) is 11.6 Å². The largest absolute Gasteiger partial charge is 0.294 e. The van der Waals surface area contributed by atoms with Crippen LogP contribution in [0.15, 0.2) is 27.5 Å². The quantitative estimate of drug-likeness (QED) is 0.895. The summed E-state index contributed by atoms with van der Waals surface area (Å²) < 4.78 is 2.12. The molecule has 1 aromatic carbocycles. The molecule has 0 saturated carbocycles. The third-order valence-corrected chi connectivity index (χ3v) is 4.15. The van der Waals surface area contributed by atoms with E-state index in [0.29, 0.717) is 15.4 Å². The number of nitrogens with zero attached hydrogens (tertiary/aromatic N) is 1. The van der Waals surface area contributed by atoms with Gasteiger partial charge in [0.25, 0.3) is 5.56 Å². The summed E-state index contributed by atoms with van der Waals surface area (Å²) in [6.07, 6.45) is 0.822. The molecule has 0 fully saturated rings. The van der Waals surface area contributed by atoms with E-state index in [-0.39, 0.29) is 5.56 Å². The molecule has 3 nitrogen and oxygen atoms in total. The molecule has 0 bridgehead atoms. The predicted octanol–water partition coefficient (Wildman–Crippen LogP) is 4.09. The van der Waals surface area contributed by atoms with Crippen LogP contribution in [-0.2, 0) is 6.42 Å². The third kappa shape index (κ3) is 2.95. The van der Waals surface area contributed by atoms with E-state index in [1.165, 1.54) is 4.68 Å². The van der Waals surface area contributed by atoms with Gasteiger partial charge in [0.2, 0.25) is 0 Å². The van der Waals surface area contributed by atoms with E-state index in [9.17, 15) is 4.79 Å². The monoisotopic (exact) mass is 342 g/mol. The molecule has 2 aromatic rings. The number of nitrogens with one attached hydrogen (secondary N) is 1. The lowest BCUT2D eigenvalue weighted by Gasteiger charge is -2.05. The first-order chi connectivity index (χ1) is 8.90. The Hall–Kier alpha value is -1.000. The van der Waals surface area contributed by atoms with Crippen molar-refractivity contribution in [1.82, 2.24) is 9.78 Å². The molecule has 1 aromatic heterocycles. The molecule has 2 rings (SSSR count). The van der Waals surface area contributed by atoms with Gasteiger partial charge >= 0.3 is 0 Å². The van der Waals surface area contributed by atoms with Crippen LogP contribution in [0.3, 0.4) is 0 Å². The third-order valence-electron chi connectivity index (χ3n) is 2.93. The van der Waals surface area contributed by atoms with Crippen molar-refractivity contribution in [1.29, 1.82) is 0 Å². The Morgan fingerprint density at radius 3 is 2.68 bits per heavy atom. The average molecular weight is 344 g/mol. The van der Waals surface area contributed by atoms with Gasteiger partial charge in [-0.3, -0.25) is 9.89 Å². The Morgan fingerprint density at radius 2 is 2.11 bits per heavy atom. The van der Waals surface area contributed by atoms with Gasteiger partial charge in [-0.1, -0.05) is 31.5 Å². The van der Waals surface area contributed by atoms with Gasteiger partial charge in [0, 0.05) is 5.02 Å². The van der Waals surface area contributed by atoms with Crippen LogP contribution in [-0.4, -0.2) is 9.78 Å². The minimum absolute atomic E-state index is 0.0874. The number of aromatic nitrogens is 2. The van der Waals surface area contributed by atoms with Crippen molar-refractivity contribution in [3.63, 3.8) is 0 Å². The smallest absolute Gasteiger partial charge is 0.285 e. The van der Waals surface area contributed by atoms with Crippen LogP contribution in [0.5, 0.6) is 0 Å². The SMILES string of the molecule is Cc1ccc(-n2[nH]c(CC(C)C)c(Br)c2=O)cc1Cl. The highest BCUT2D eigenvalue weighted by Crippen LogP contribution is 2.20. The Balaban J connectivity index is 2.51. The van der Waals surface area contributed by atoms with E-state index in [2.05, 4.69) is 34.9 Å². The second-order valence-electron chi connectivity index (χ2n) is 5.08. The molecular weight excluding hydrogens is 328 g/mol. The fraction of sp³-hybridized carbons (Fsp3) is 0.357. The molecule has 1 heterocycles. The molecular formula is C14H16BrClN2O. The van der Waals surface area contributed by atoms with Gasteiger partial charge in [0.05, 0.1) is 11.4 Å². The zero-order chi connectivity index (χ0) is 14.2. The lowest BCUT2D eigenvalue weighted by atomic mass is 10.1. The van der Waals surface area contributed by atoms with Crippen LogP contribution in [0, 0.1) is 12.8 Å². The van der Waals surface area contributed by atoms with E-state index >= 15 is 0 Å². The van der Waals surface area contributed by atoms with Crippen LogP contribution in [0.25, 0.3) is 5.69 Å². The number of aromatic amines is 1. The molecule has 0 aliphatic rings. The maximum absolute atomic E-state index is 12.2. The van der Waals surface area contributed by atoms with Crippen molar-refractivity contribution in [2.24, 2.45) is 5.92 Å². The number of rotatable bonds is 3. The maximum atomic E-state index is 12.2. The highest BCUT2D eigenvalue weighted by molar-refractivity contribution is 9.10. The van der Waals surface area contributed by atoms with Gasteiger partial charge in [0.1, 0.15) is 4.47 Å². The molecule has 0 aliphatic heterocycles. The topological polar surface area (TPSA) is 37.8 Å². The predicted molar refractivity (Wildman–Crippen MR) is 82.4 cm³/mol. The van der Waals surface area contributed by atoms with Crippen LogP contribution in [0.1, 0.15) is 25.1 Å². The molecule has 0 atom stereocenters. The van der Waals surface area contributed by atoms with Crippen LogP contribution in [0.4, 0.5) is 0 Å². The zero-order valence-electron chi connectivity index (χ0n) is 11.1. The molecule has 0 spiro atoms. The molecule has 0 aliphatic carbocycles. The highest BCUT2D eigenvalue weighted by Gasteiger charge is 2.14. The van der Waals surface area contributed by atoms with E-state index in [1.54, 1.807) is 6.07 Å². The first-order valence-electron chi connectivity index (χ1n) is 6.16. The second kappa shape index (κ2) is 5.55. The van der Waals surface area contributed by atoms with E-state index < -0.39 is 0 Å². The van der Waals surface area contributed by atoms with Crippen molar-refractivity contribution >= 4 is 27.5 Å². The number of H-pyrrole nitrogens is 1. The lowest BCUT2D eigenvalue weighted by molar-refractivity contribution is 0.626. The van der Waals surface area contributed by atoms with Crippen LogP contribution < -0.4 is 5.56 Å². The first kappa shape index (κ1) is 14.4. The molecule has 0 saturated heterocycles. The summed E-state index contributed by atoms with van der Waals surface area (Å²) >= 11 is 9.47. The first-order valence-corrected chi connectivity index (χ1v) is 7.33. The fourth-order valence-electron chi connectivity index (χ4n) is 1.91. The summed E-state index contributed by atoms with van der Waals surface area (Å²) in [5.41, 5.74) is 2.56. The fourth-order valence-corrected chi connectivity index (χ4v) is 2.51. The van der Waals surface area contributed by atoms with Gasteiger partial charge in [-0.25, -0.2) is 4.68 Å². The maximum Gasteiger partial charge on any atom is 0.285 e. The van der Waals surface area contributed by atoms with Gasteiger partial charge in [0.15, 0.2) is 0 Å². The lowest BCUT2D eigenvalue weighted by Crippen LogP contribution is -2.14. The molecule has 1 N–H and O–H groups in total. The summed E-state index contributed by atoms with van der Waals surface area (Å²) in [6, 6.07) is 5.58. The van der Waals surface area contributed by atoms with Gasteiger partial charge in [-0.15, -0.1) is 0 Å². The summed E-state index contributed by atoms with van der Waals surface area (Å²) in [6.45, 7) is 6.17.